The average Bonchev–Trinajstić information content (AvgIpc) is 2.97. The molecule has 1 amide bonds. The second-order valence-electron chi connectivity index (χ2n) is 8.93. The van der Waals surface area contributed by atoms with E-state index in [1.165, 1.54) is 32.1 Å². The van der Waals surface area contributed by atoms with Crippen LogP contribution in [0.4, 0.5) is 0 Å². The monoisotopic (exact) mass is 397 g/mol. The fourth-order valence-corrected chi connectivity index (χ4v) is 7.57. The summed E-state index contributed by atoms with van der Waals surface area (Å²) in [7, 11) is 0. The quantitative estimate of drug-likeness (QED) is 0.580. The molecule has 134 valence electrons. The van der Waals surface area contributed by atoms with Gasteiger partial charge in [-0.25, -0.2) is 0 Å². The van der Waals surface area contributed by atoms with Gasteiger partial charge in [-0.05, 0) is 70.1 Å². The van der Waals surface area contributed by atoms with Gasteiger partial charge in [0.1, 0.15) is 0 Å². The molecule has 0 aromatic heterocycles. The van der Waals surface area contributed by atoms with E-state index in [1.807, 2.05) is 0 Å². The number of hydrogen-bond donors (Lipinski definition) is 1. The summed E-state index contributed by atoms with van der Waals surface area (Å²) in [5, 5.41) is 3.04. The molecular weight excluding hydrogens is 370 g/mol. The minimum Gasteiger partial charge on any atom is -0.452 e. The molecular formula is C19H28BrNO3. The van der Waals surface area contributed by atoms with E-state index in [4.69, 9.17) is 4.74 Å². The molecule has 5 saturated carbocycles. The Kier molecular flexibility index (Phi) is 4.21. The van der Waals surface area contributed by atoms with Crippen molar-refractivity contribution in [1.29, 1.82) is 0 Å². The van der Waals surface area contributed by atoms with E-state index in [2.05, 4.69) is 21.2 Å². The Morgan fingerprint density at radius 1 is 1.12 bits per heavy atom. The zero-order chi connectivity index (χ0) is 16.9. The number of alkyl halides is 1. The van der Waals surface area contributed by atoms with E-state index in [0.717, 1.165) is 32.1 Å². The molecule has 5 heteroatoms. The van der Waals surface area contributed by atoms with Gasteiger partial charge in [0.2, 0.25) is 0 Å². The van der Waals surface area contributed by atoms with E-state index in [0.29, 0.717) is 11.8 Å². The van der Waals surface area contributed by atoms with Crippen molar-refractivity contribution in [2.24, 2.45) is 17.3 Å². The predicted octanol–water partition coefficient (Wildman–Crippen LogP) is 3.71. The minimum absolute atomic E-state index is 0.130. The maximum atomic E-state index is 13.0. The number of amides is 1. The Labute approximate surface area is 152 Å². The maximum Gasteiger partial charge on any atom is 0.312 e. The van der Waals surface area contributed by atoms with E-state index >= 15 is 0 Å². The van der Waals surface area contributed by atoms with Crippen molar-refractivity contribution < 1.29 is 14.3 Å². The lowest BCUT2D eigenvalue weighted by Crippen LogP contribution is -2.57. The van der Waals surface area contributed by atoms with Crippen molar-refractivity contribution in [2.75, 3.05) is 0 Å². The number of hydrogen-bond acceptors (Lipinski definition) is 3. The van der Waals surface area contributed by atoms with E-state index in [9.17, 15) is 9.59 Å². The molecule has 0 heterocycles. The van der Waals surface area contributed by atoms with Crippen LogP contribution in [0, 0.1) is 17.3 Å². The first-order valence-corrected chi connectivity index (χ1v) is 10.4. The van der Waals surface area contributed by atoms with Crippen LogP contribution in [0.3, 0.4) is 0 Å². The molecule has 2 unspecified atom stereocenters. The molecule has 5 atom stereocenters. The Hall–Kier alpha value is -0.580. The zero-order valence-corrected chi connectivity index (χ0v) is 16.1. The third-order valence-corrected chi connectivity index (χ3v) is 7.71. The Morgan fingerprint density at radius 2 is 1.75 bits per heavy atom. The highest BCUT2D eigenvalue weighted by molar-refractivity contribution is 9.10. The highest BCUT2D eigenvalue weighted by Gasteiger charge is 2.60. The van der Waals surface area contributed by atoms with Crippen LogP contribution in [-0.2, 0) is 14.3 Å². The molecule has 5 rings (SSSR count). The van der Waals surface area contributed by atoms with Crippen LogP contribution in [0.5, 0.6) is 0 Å². The Morgan fingerprint density at radius 3 is 2.33 bits per heavy atom. The van der Waals surface area contributed by atoms with Crippen molar-refractivity contribution in [3.8, 4) is 0 Å². The lowest BCUT2D eigenvalue weighted by atomic mass is 9.49. The second kappa shape index (κ2) is 6.00. The zero-order valence-electron chi connectivity index (χ0n) is 14.5. The van der Waals surface area contributed by atoms with Crippen LogP contribution in [0.2, 0.25) is 0 Å². The Balaban J connectivity index is 1.39. The highest BCUT2D eigenvalue weighted by atomic mass is 79.9. The average molecular weight is 398 g/mol. The molecule has 5 fully saturated rings. The number of esters is 1. The largest absolute Gasteiger partial charge is 0.452 e. The predicted molar refractivity (Wildman–Crippen MR) is 94.7 cm³/mol. The third kappa shape index (κ3) is 3.02. The molecule has 0 saturated heterocycles. The second-order valence-corrected chi connectivity index (χ2v) is 10.6. The van der Waals surface area contributed by atoms with Crippen LogP contribution in [-0.4, -0.2) is 28.3 Å². The Bertz CT molecular complexity index is 529. The van der Waals surface area contributed by atoms with Gasteiger partial charge in [-0.3, -0.25) is 9.59 Å². The summed E-state index contributed by atoms with van der Waals surface area (Å²) in [6.45, 7) is 1.71. The minimum atomic E-state index is -0.683. The van der Waals surface area contributed by atoms with Gasteiger partial charge in [-0.15, -0.1) is 0 Å². The molecule has 24 heavy (non-hydrogen) atoms. The lowest BCUT2D eigenvalue weighted by Gasteiger charge is -2.58. The van der Waals surface area contributed by atoms with Gasteiger partial charge in [0.15, 0.2) is 6.10 Å². The van der Waals surface area contributed by atoms with Crippen molar-refractivity contribution in [3.63, 3.8) is 0 Å². The molecule has 5 aliphatic carbocycles. The van der Waals surface area contributed by atoms with Crippen LogP contribution < -0.4 is 5.32 Å². The smallest absolute Gasteiger partial charge is 0.312 e. The van der Waals surface area contributed by atoms with Crippen molar-refractivity contribution >= 4 is 27.8 Å². The molecule has 4 bridgehead atoms. The van der Waals surface area contributed by atoms with Gasteiger partial charge in [-0.1, -0.05) is 28.8 Å². The molecule has 5 aliphatic rings. The molecule has 0 aromatic carbocycles. The fraction of sp³-hybridized carbons (Fsp3) is 0.895. The van der Waals surface area contributed by atoms with E-state index in [-0.39, 0.29) is 27.7 Å². The summed E-state index contributed by atoms with van der Waals surface area (Å²) in [4.78, 5) is 25.3. The molecule has 0 spiro atoms. The van der Waals surface area contributed by atoms with Gasteiger partial charge in [-0.2, -0.15) is 0 Å². The van der Waals surface area contributed by atoms with Crippen LogP contribution in [0.15, 0.2) is 0 Å². The third-order valence-electron chi connectivity index (χ3n) is 6.78. The maximum absolute atomic E-state index is 13.0. The van der Waals surface area contributed by atoms with Crippen LogP contribution >= 0.6 is 15.9 Å². The highest BCUT2D eigenvalue weighted by Crippen LogP contribution is 2.64. The van der Waals surface area contributed by atoms with Crippen molar-refractivity contribution in [1.82, 2.24) is 5.32 Å². The topological polar surface area (TPSA) is 55.4 Å². The fourth-order valence-electron chi connectivity index (χ4n) is 6.12. The lowest BCUT2D eigenvalue weighted by molar-refractivity contribution is -0.176. The number of nitrogens with one attached hydrogen (secondary N) is 1. The first-order chi connectivity index (χ1) is 11.4. The van der Waals surface area contributed by atoms with Gasteiger partial charge in [0, 0.05) is 10.4 Å². The summed E-state index contributed by atoms with van der Waals surface area (Å²) in [5.74, 6) is 1.02. The number of ether oxygens (including phenoxy) is 1. The SMILES string of the molecule is C[C@H](OC(=O)C12C[C@@H]3C[C@@H](CC(Br)(C3)C1)C2)C(=O)NC1CCCC1. The molecule has 0 aromatic rings. The van der Waals surface area contributed by atoms with Crippen LogP contribution in [0.1, 0.15) is 71.1 Å². The first kappa shape index (κ1) is 16.9. The number of carbonyl (C=O) groups excluding carboxylic acids is 2. The van der Waals surface area contributed by atoms with Crippen molar-refractivity contribution in [2.45, 2.75) is 87.6 Å². The van der Waals surface area contributed by atoms with Gasteiger partial charge >= 0.3 is 5.97 Å². The van der Waals surface area contributed by atoms with Gasteiger partial charge in [0.05, 0.1) is 5.41 Å². The van der Waals surface area contributed by atoms with E-state index in [1.54, 1.807) is 6.92 Å². The summed E-state index contributed by atoms with van der Waals surface area (Å²) in [6, 6.07) is 0.268. The normalized spacial score (nSPS) is 42.1. The van der Waals surface area contributed by atoms with Gasteiger partial charge < -0.3 is 10.1 Å². The van der Waals surface area contributed by atoms with Crippen LogP contribution in [0.25, 0.3) is 0 Å². The summed E-state index contributed by atoms with van der Waals surface area (Å²) >= 11 is 3.93. The number of halogens is 1. The first-order valence-electron chi connectivity index (χ1n) is 9.58. The summed E-state index contributed by atoms with van der Waals surface area (Å²) in [5.41, 5.74) is -0.352. The summed E-state index contributed by atoms with van der Waals surface area (Å²) < 4.78 is 5.81. The molecule has 0 aliphatic heterocycles. The summed E-state index contributed by atoms with van der Waals surface area (Å²) in [6.07, 6.45) is 10.2. The molecule has 1 N–H and O–H groups in total. The van der Waals surface area contributed by atoms with Gasteiger partial charge in [0.25, 0.3) is 5.91 Å². The number of rotatable bonds is 4. The standard InChI is InChI=1S/C19H28BrNO3/c1-12(16(22)21-15-4-2-3-5-15)24-17(23)18-7-13-6-14(8-18)10-19(20,9-13)11-18/h12-15H,2-11H2,1H3,(H,21,22)/t12-,13-,14+,18?,19?/m0/s1. The number of carbonyl (C=O) groups is 2. The molecule has 4 nitrogen and oxygen atoms in total. The molecule has 0 radical (unpaired) electrons. The van der Waals surface area contributed by atoms with E-state index < -0.39 is 6.10 Å². The van der Waals surface area contributed by atoms with Crippen molar-refractivity contribution in [3.05, 3.63) is 0 Å².